The molecular formula is C19H25N3O2. The second-order valence-electron chi connectivity index (χ2n) is 6.68. The van der Waals surface area contributed by atoms with Crippen molar-refractivity contribution < 1.29 is 9.90 Å². The normalized spacial score (nSPS) is 16.7. The molecule has 0 spiro atoms. The van der Waals surface area contributed by atoms with Crippen LogP contribution in [0, 0.1) is 0 Å². The largest absolute Gasteiger partial charge is 0.389 e. The molecular weight excluding hydrogens is 302 g/mol. The van der Waals surface area contributed by atoms with Crippen LogP contribution in [-0.4, -0.2) is 32.9 Å². The zero-order chi connectivity index (χ0) is 16.8. The van der Waals surface area contributed by atoms with Crippen LogP contribution < -0.4 is 5.32 Å². The third-order valence-electron chi connectivity index (χ3n) is 4.72. The van der Waals surface area contributed by atoms with Gasteiger partial charge in [0.1, 0.15) is 0 Å². The van der Waals surface area contributed by atoms with Crippen LogP contribution in [0.3, 0.4) is 0 Å². The third-order valence-corrected chi connectivity index (χ3v) is 4.72. The molecule has 24 heavy (non-hydrogen) atoms. The molecule has 5 nitrogen and oxygen atoms in total. The molecule has 0 atom stereocenters. The summed E-state index contributed by atoms with van der Waals surface area (Å²) in [5.74, 6) is -0.0486. The zero-order valence-electron chi connectivity index (χ0n) is 13.9. The van der Waals surface area contributed by atoms with Crippen molar-refractivity contribution in [3.05, 3.63) is 48.3 Å². The van der Waals surface area contributed by atoms with Gasteiger partial charge in [0.15, 0.2) is 0 Å². The third kappa shape index (κ3) is 4.45. The Morgan fingerprint density at radius 2 is 1.96 bits per heavy atom. The van der Waals surface area contributed by atoms with E-state index in [-0.39, 0.29) is 12.3 Å². The Morgan fingerprint density at radius 3 is 2.62 bits per heavy atom. The smallest absolute Gasteiger partial charge is 0.222 e. The van der Waals surface area contributed by atoms with Crippen LogP contribution in [0.15, 0.2) is 42.7 Å². The van der Waals surface area contributed by atoms with Gasteiger partial charge in [-0.3, -0.25) is 4.79 Å². The van der Waals surface area contributed by atoms with E-state index in [1.807, 2.05) is 29.1 Å². The Hall–Kier alpha value is -2.14. The number of nitrogens with zero attached hydrogens (tertiary/aromatic N) is 2. The fourth-order valence-electron chi connectivity index (χ4n) is 3.33. The van der Waals surface area contributed by atoms with Crippen LogP contribution in [0.4, 0.5) is 0 Å². The van der Waals surface area contributed by atoms with Crippen LogP contribution in [0.25, 0.3) is 5.69 Å². The lowest BCUT2D eigenvalue weighted by Gasteiger charge is -2.31. The molecule has 5 heteroatoms. The van der Waals surface area contributed by atoms with Gasteiger partial charge < -0.3 is 10.4 Å². The summed E-state index contributed by atoms with van der Waals surface area (Å²) in [7, 11) is 0. The number of rotatable bonds is 6. The SMILES string of the molecule is O=C(CC1(O)CCCCC1)NCCc1ccc(-n2cccn2)cc1. The van der Waals surface area contributed by atoms with Gasteiger partial charge >= 0.3 is 0 Å². The van der Waals surface area contributed by atoms with Gasteiger partial charge in [0.25, 0.3) is 0 Å². The number of aromatic nitrogens is 2. The number of aliphatic hydroxyl groups is 1. The maximum absolute atomic E-state index is 12.0. The van der Waals surface area contributed by atoms with Crippen molar-refractivity contribution in [1.82, 2.24) is 15.1 Å². The Kier molecular flexibility index (Phi) is 5.30. The van der Waals surface area contributed by atoms with E-state index in [0.29, 0.717) is 6.54 Å². The van der Waals surface area contributed by atoms with Crippen molar-refractivity contribution in [1.29, 1.82) is 0 Å². The molecule has 1 aliphatic carbocycles. The zero-order valence-corrected chi connectivity index (χ0v) is 13.9. The van der Waals surface area contributed by atoms with Gasteiger partial charge in [0.2, 0.25) is 5.91 Å². The fourth-order valence-corrected chi connectivity index (χ4v) is 3.33. The monoisotopic (exact) mass is 327 g/mol. The summed E-state index contributed by atoms with van der Waals surface area (Å²) in [5, 5.41) is 17.5. The molecule has 1 heterocycles. The van der Waals surface area contributed by atoms with Gasteiger partial charge in [-0.05, 0) is 43.0 Å². The molecule has 3 rings (SSSR count). The summed E-state index contributed by atoms with van der Waals surface area (Å²) in [4.78, 5) is 12.0. The summed E-state index contributed by atoms with van der Waals surface area (Å²) in [6.07, 6.45) is 9.37. The quantitative estimate of drug-likeness (QED) is 0.857. The molecule has 0 unspecified atom stereocenters. The van der Waals surface area contributed by atoms with Crippen LogP contribution in [-0.2, 0) is 11.2 Å². The van der Waals surface area contributed by atoms with Gasteiger partial charge in [0.05, 0.1) is 17.7 Å². The molecule has 1 aromatic heterocycles. The molecule has 128 valence electrons. The summed E-state index contributed by atoms with van der Waals surface area (Å²) >= 11 is 0. The lowest BCUT2D eigenvalue weighted by molar-refractivity contribution is -0.127. The number of nitrogens with one attached hydrogen (secondary N) is 1. The number of amides is 1. The van der Waals surface area contributed by atoms with E-state index >= 15 is 0 Å². The van der Waals surface area contributed by atoms with Crippen molar-refractivity contribution in [3.63, 3.8) is 0 Å². The second kappa shape index (κ2) is 7.62. The summed E-state index contributed by atoms with van der Waals surface area (Å²) in [6, 6.07) is 10.0. The molecule has 2 N–H and O–H groups in total. The van der Waals surface area contributed by atoms with Crippen LogP contribution in [0.5, 0.6) is 0 Å². The second-order valence-corrected chi connectivity index (χ2v) is 6.68. The van der Waals surface area contributed by atoms with Crippen LogP contribution in [0.2, 0.25) is 0 Å². The lowest BCUT2D eigenvalue weighted by Crippen LogP contribution is -2.38. The highest BCUT2D eigenvalue weighted by molar-refractivity contribution is 5.77. The van der Waals surface area contributed by atoms with Gasteiger partial charge in [-0.2, -0.15) is 5.10 Å². The Labute approximate surface area is 142 Å². The van der Waals surface area contributed by atoms with E-state index in [9.17, 15) is 9.90 Å². The first kappa shape index (κ1) is 16.7. The number of hydrogen-bond acceptors (Lipinski definition) is 3. The number of carbonyl (C=O) groups is 1. The van der Waals surface area contributed by atoms with Gasteiger partial charge in [-0.1, -0.05) is 31.4 Å². The van der Waals surface area contributed by atoms with Crippen molar-refractivity contribution in [3.8, 4) is 5.69 Å². The Balaban J connectivity index is 1.43. The maximum Gasteiger partial charge on any atom is 0.222 e. The van der Waals surface area contributed by atoms with Crippen molar-refractivity contribution in [2.45, 2.75) is 50.5 Å². The standard InChI is InChI=1S/C19H25N3O2/c23-18(15-19(24)10-2-1-3-11-19)20-13-9-16-5-7-17(8-6-16)22-14-4-12-21-22/h4-8,12,14,24H,1-3,9-11,13,15H2,(H,20,23). The highest BCUT2D eigenvalue weighted by Gasteiger charge is 2.31. The van der Waals surface area contributed by atoms with Crippen LogP contribution in [0.1, 0.15) is 44.1 Å². The fraction of sp³-hybridized carbons (Fsp3) is 0.474. The van der Waals surface area contributed by atoms with E-state index in [1.54, 1.807) is 6.20 Å². The first-order valence-corrected chi connectivity index (χ1v) is 8.73. The summed E-state index contributed by atoms with van der Waals surface area (Å²) < 4.78 is 1.82. The lowest BCUT2D eigenvalue weighted by atomic mass is 9.82. The predicted molar refractivity (Wildman–Crippen MR) is 92.9 cm³/mol. The first-order valence-electron chi connectivity index (χ1n) is 8.73. The number of hydrogen-bond donors (Lipinski definition) is 2. The molecule has 0 saturated heterocycles. The first-order chi connectivity index (χ1) is 11.6. The number of carbonyl (C=O) groups excluding carboxylic acids is 1. The van der Waals surface area contributed by atoms with E-state index in [2.05, 4.69) is 22.5 Å². The van der Waals surface area contributed by atoms with Crippen LogP contribution >= 0.6 is 0 Å². The van der Waals surface area contributed by atoms with Crippen molar-refractivity contribution in [2.24, 2.45) is 0 Å². The minimum absolute atomic E-state index is 0.0486. The topological polar surface area (TPSA) is 67.2 Å². The van der Waals surface area contributed by atoms with Crippen molar-refractivity contribution in [2.75, 3.05) is 6.54 Å². The molecule has 0 radical (unpaired) electrons. The van der Waals surface area contributed by atoms with E-state index in [1.165, 1.54) is 12.0 Å². The number of benzene rings is 1. The van der Waals surface area contributed by atoms with Gasteiger partial charge in [0, 0.05) is 18.9 Å². The molecule has 1 fully saturated rings. The molecule has 1 amide bonds. The molecule has 0 aliphatic heterocycles. The molecule has 1 aliphatic rings. The molecule has 0 bridgehead atoms. The van der Waals surface area contributed by atoms with E-state index < -0.39 is 5.60 Å². The Morgan fingerprint density at radius 1 is 1.21 bits per heavy atom. The predicted octanol–water partition coefficient (Wildman–Crippen LogP) is 2.62. The van der Waals surface area contributed by atoms with Crippen molar-refractivity contribution >= 4 is 5.91 Å². The molecule has 2 aromatic rings. The minimum Gasteiger partial charge on any atom is -0.389 e. The maximum atomic E-state index is 12.0. The average Bonchev–Trinajstić information content (AvgIpc) is 3.10. The molecule has 1 saturated carbocycles. The minimum atomic E-state index is -0.784. The summed E-state index contributed by atoms with van der Waals surface area (Å²) in [5.41, 5.74) is 1.41. The van der Waals surface area contributed by atoms with Gasteiger partial charge in [-0.15, -0.1) is 0 Å². The molecule has 1 aromatic carbocycles. The highest BCUT2D eigenvalue weighted by atomic mass is 16.3. The summed E-state index contributed by atoms with van der Waals surface area (Å²) in [6.45, 7) is 0.593. The Bertz CT molecular complexity index is 644. The van der Waals surface area contributed by atoms with E-state index in [0.717, 1.165) is 37.8 Å². The van der Waals surface area contributed by atoms with Gasteiger partial charge in [-0.25, -0.2) is 4.68 Å². The average molecular weight is 327 g/mol. The highest BCUT2D eigenvalue weighted by Crippen LogP contribution is 2.30. The van der Waals surface area contributed by atoms with E-state index in [4.69, 9.17) is 0 Å².